The largest absolute Gasteiger partial charge is 0.294 e. The molecule has 13 heavy (non-hydrogen) atoms. The van der Waals surface area contributed by atoms with E-state index in [-0.39, 0.29) is 17.2 Å². The average molecular weight is 180 g/mol. The smallest absolute Gasteiger partial charge is 0.165 e. The van der Waals surface area contributed by atoms with Crippen molar-refractivity contribution in [3.05, 3.63) is 35.1 Å². The molecule has 0 radical (unpaired) electrons. The predicted molar refractivity (Wildman–Crippen MR) is 50.4 cm³/mol. The fraction of sp³-hybridized carbons (Fsp3) is 0.364. The molecule has 0 aromatic heterocycles. The summed E-state index contributed by atoms with van der Waals surface area (Å²) in [7, 11) is 0. The van der Waals surface area contributed by atoms with Crippen LogP contribution >= 0.6 is 0 Å². The van der Waals surface area contributed by atoms with Crippen LogP contribution in [0, 0.1) is 5.82 Å². The Balaban J connectivity index is 3.15. The number of benzene rings is 1. The molecular formula is C11H13FO. The zero-order chi connectivity index (χ0) is 9.84. The van der Waals surface area contributed by atoms with Gasteiger partial charge in [0.05, 0.1) is 5.56 Å². The maximum absolute atomic E-state index is 13.5. The highest BCUT2D eigenvalue weighted by molar-refractivity contribution is 5.96. The molecular weight excluding hydrogens is 167 g/mol. The molecule has 0 atom stereocenters. The third-order valence-corrected chi connectivity index (χ3v) is 2.08. The van der Waals surface area contributed by atoms with Crippen LogP contribution in [0.2, 0.25) is 0 Å². The van der Waals surface area contributed by atoms with Crippen LogP contribution in [0.1, 0.15) is 36.2 Å². The van der Waals surface area contributed by atoms with Gasteiger partial charge in [0.2, 0.25) is 0 Å². The number of aryl methyl sites for hydroxylation is 1. The fourth-order valence-electron chi connectivity index (χ4n) is 1.26. The van der Waals surface area contributed by atoms with E-state index in [0.29, 0.717) is 18.4 Å². The lowest BCUT2D eigenvalue weighted by atomic mass is 10.0. The van der Waals surface area contributed by atoms with Crippen molar-refractivity contribution in [3.63, 3.8) is 0 Å². The van der Waals surface area contributed by atoms with Gasteiger partial charge >= 0.3 is 0 Å². The molecule has 0 aliphatic carbocycles. The summed E-state index contributed by atoms with van der Waals surface area (Å²) in [5.74, 6) is -0.482. The van der Waals surface area contributed by atoms with Gasteiger partial charge in [-0.05, 0) is 18.1 Å². The standard InChI is InChI=1S/C11H13FO/c1-3-8-6-5-7-9(11(8)12)10(13)4-2/h5-7H,3-4H2,1-2H3. The van der Waals surface area contributed by atoms with Gasteiger partial charge in [0, 0.05) is 6.42 Å². The topological polar surface area (TPSA) is 17.1 Å². The highest BCUT2D eigenvalue weighted by Crippen LogP contribution is 2.14. The van der Waals surface area contributed by atoms with Crippen molar-refractivity contribution in [3.8, 4) is 0 Å². The lowest BCUT2D eigenvalue weighted by Crippen LogP contribution is -2.02. The van der Waals surface area contributed by atoms with Crippen LogP contribution in [0.3, 0.4) is 0 Å². The molecule has 0 aliphatic rings. The van der Waals surface area contributed by atoms with Crippen molar-refractivity contribution in [2.45, 2.75) is 26.7 Å². The van der Waals surface area contributed by atoms with E-state index in [1.54, 1.807) is 25.1 Å². The number of halogens is 1. The van der Waals surface area contributed by atoms with E-state index in [4.69, 9.17) is 0 Å². The first-order chi connectivity index (χ1) is 6.20. The Kier molecular flexibility index (Phi) is 3.18. The van der Waals surface area contributed by atoms with Gasteiger partial charge in [-0.2, -0.15) is 0 Å². The van der Waals surface area contributed by atoms with E-state index in [1.165, 1.54) is 0 Å². The number of hydrogen-bond donors (Lipinski definition) is 0. The Morgan fingerprint density at radius 3 is 2.62 bits per heavy atom. The lowest BCUT2D eigenvalue weighted by molar-refractivity contribution is 0.0984. The molecule has 0 spiro atoms. The highest BCUT2D eigenvalue weighted by Gasteiger charge is 2.11. The van der Waals surface area contributed by atoms with Gasteiger partial charge in [-0.15, -0.1) is 0 Å². The molecule has 0 amide bonds. The normalized spacial score (nSPS) is 10.1. The number of hydrogen-bond acceptors (Lipinski definition) is 1. The number of Topliss-reactive ketones (excluding diaryl/α,β-unsaturated/α-hetero) is 1. The van der Waals surface area contributed by atoms with Crippen molar-refractivity contribution in [1.29, 1.82) is 0 Å². The maximum Gasteiger partial charge on any atom is 0.165 e. The van der Waals surface area contributed by atoms with E-state index < -0.39 is 0 Å². The summed E-state index contributed by atoms with van der Waals surface area (Å²) < 4.78 is 13.5. The van der Waals surface area contributed by atoms with Gasteiger partial charge in [0.1, 0.15) is 5.82 Å². The number of rotatable bonds is 3. The molecule has 0 heterocycles. The minimum Gasteiger partial charge on any atom is -0.294 e. The fourth-order valence-corrected chi connectivity index (χ4v) is 1.26. The van der Waals surface area contributed by atoms with Gasteiger partial charge in [-0.3, -0.25) is 4.79 Å². The van der Waals surface area contributed by atoms with Crippen LogP contribution in [-0.2, 0) is 6.42 Å². The van der Waals surface area contributed by atoms with E-state index in [1.807, 2.05) is 6.92 Å². The monoisotopic (exact) mass is 180 g/mol. The molecule has 1 aromatic rings. The van der Waals surface area contributed by atoms with Crippen molar-refractivity contribution < 1.29 is 9.18 Å². The quantitative estimate of drug-likeness (QED) is 0.653. The van der Waals surface area contributed by atoms with Gasteiger partial charge in [0.25, 0.3) is 0 Å². The molecule has 1 rings (SSSR count). The molecule has 0 aliphatic heterocycles. The second-order valence-electron chi connectivity index (χ2n) is 2.91. The van der Waals surface area contributed by atoms with Gasteiger partial charge < -0.3 is 0 Å². The first kappa shape index (κ1) is 9.90. The Morgan fingerprint density at radius 2 is 2.08 bits per heavy atom. The number of ketones is 1. The van der Waals surface area contributed by atoms with Gasteiger partial charge in [-0.25, -0.2) is 4.39 Å². The maximum atomic E-state index is 13.5. The third kappa shape index (κ3) is 1.94. The molecule has 0 bridgehead atoms. The summed E-state index contributed by atoms with van der Waals surface area (Å²) in [5.41, 5.74) is 0.834. The summed E-state index contributed by atoms with van der Waals surface area (Å²) in [6, 6.07) is 4.98. The number of carbonyl (C=O) groups is 1. The highest BCUT2D eigenvalue weighted by atomic mass is 19.1. The Bertz CT molecular complexity index is 318. The van der Waals surface area contributed by atoms with Gasteiger partial charge in [-0.1, -0.05) is 26.0 Å². The number of carbonyl (C=O) groups excluding carboxylic acids is 1. The van der Waals surface area contributed by atoms with E-state index >= 15 is 0 Å². The Labute approximate surface area is 77.6 Å². The summed E-state index contributed by atoms with van der Waals surface area (Å²) >= 11 is 0. The van der Waals surface area contributed by atoms with Crippen molar-refractivity contribution in [2.24, 2.45) is 0 Å². The summed E-state index contributed by atoms with van der Waals surface area (Å²) in [4.78, 5) is 11.3. The molecule has 1 nitrogen and oxygen atoms in total. The van der Waals surface area contributed by atoms with Crippen LogP contribution in [0.4, 0.5) is 4.39 Å². The van der Waals surface area contributed by atoms with Crippen molar-refractivity contribution in [2.75, 3.05) is 0 Å². The minimum absolute atomic E-state index is 0.132. The SMILES string of the molecule is CCC(=O)c1cccc(CC)c1F. The molecule has 0 N–H and O–H groups in total. The Morgan fingerprint density at radius 1 is 1.38 bits per heavy atom. The third-order valence-electron chi connectivity index (χ3n) is 2.08. The first-order valence-electron chi connectivity index (χ1n) is 4.51. The second-order valence-corrected chi connectivity index (χ2v) is 2.91. The minimum atomic E-state index is -0.350. The second kappa shape index (κ2) is 4.17. The van der Waals surface area contributed by atoms with Crippen LogP contribution in [-0.4, -0.2) is 5.78 Å². The molecule has 70 valence electrons. The zero-order valence-electron chi connectivity index (χ0n) is 7.93. The zero-order valence-corrected chi connectivity index (χ0v) is 7.93. The molecule has 0 fully saturated rings. The molecule has 2 heteroatoms. The van der Waals surface area contributed by atoms with Gasteiger partial charge in [0.15, 0.2) is 5.78 Å². The Hall–Kier alpha value is -1.18. The van der Waals surface area contributed by atoms with Crippen LogP contribution in [0.25, 0.3) is 0 Å². The van der Waals surface area contributed by atoms with Crippen molar-refractivity contribution in [1.82, 2.24) is 0 Å². The summed E-state index contributed by atoms with van der Waals surface area (Å²) in [5, 5.41) is 0. The molecule has 0 saturated carbocycles. The molecule has 1 aromatic carbocycles. The van der Waals surface area contributed by atoms with Crippen molar-refractivity contribution >= 4 is 5.78 Å². The van der Waals surface area contributed by atoms with E-state index in [9.17, 15) is 9.18 Å². The van der Waals surface area contributed by atoms with Crippen LogP contribution in [0.15, 0.2) is 18.2 Å². The van der Waals surface area contributed by atoms with Crippen LogP contribution in [0.5, 0.6) is 0 Å². The lowest BCUT2D eigenvalue weighted by Gasteiger charge is -2.04. The summed E-state index contributed by atoms with van der Waals surface area (Å²) in [6.07, 6.45) is 0.973. The molecule has 0 unspecified atom stereocenters. The average Bonchev–Trinajstić information content (AvgIpc) is 2.17. The summed E-state index contributed by atoms with van der Waals surface area (Å²) in [6.45, 7) is 3.61. The molecule has 0 saturated heterocycles. The van der Waals surface area contributed by atoms with E-state index in [0.717, 1.165) is 0 Å². The predicted octanol–water partition coefficient (Wildman–Crippen LogP) is 2.98. The van der Waals surface area contributed by atoms with Crippen LogP contribution < -0.4 is 0 Å². The van der Waals surface area contributed by atoms with E-state index in [2.05, 4.69) is 0 Å². The first-order valence-corrected chi connectivity index (χ1v) is 4.51.